The van der Waals surface area contributed by atoms with Crippen LogP contribution in [0.5, 0.6) is 0 Å². The average molecular weight is 224 g/mol. The first kappa shape index (κ1) is 12.2. The monoisotopic (exact) mass is 224 g/mol. The fraction of sp³-hybridized carbons (Fsp3) is 0.273. The third-order valence-corrected chi connectivity index (χ3v) is 1.87. The quantitative estimate of drug-likeness (QED) is 0.809. The van der Waals surface area contributed by atoms with Crippen molar-refractivity contribution in [1.82, 2.24) is 5.32 Å². The first-order chi connectivity index (χ1) is 7.59. The molecule has 16 heavy (non-hydrogen) atoms. The van der Waals surface area contributed by atoms with Crippen molar-refractivity contribution < 1.29 is 14.0 Å². The van der Waals surface area contributed by atoms with E-state index in [4.69, 9.17) is 0 Å². The first-order valence-electron chi connectivity index (χ1n) is 4.88. The zero-order chi connectivity index (χ0) is 12.0. The number of halogens is 1. The van der Waals surface area contributed by atoms with Crippen molar-refractivity contribution in [2.45, 2.75) is 13.3 Å². The van der Waals surface area contributed by atoms with Crippen LogP contribution in [0.2, 0.25) is 0 Å². The van der Waals surface area contributed by atoms with Crippen molar-refractivity contribution >= 4 is 17.5 Å². The summed E-state index contributed by atoms with van der Waals surface area (Å²) in [5.74, 6) is -1.01. The lowest BCUT2D eigenvalue weighted by atomic mass is 10.3. The Balaban J connectivity index is 2.40. The Hall–Kier alpha value is -1.91. The molecule has 2 N–H and O–H groups in total. The minimum Gasteiger partial charge on any atom is -0.356 e. The summed E-state index contributed by atoms with van der Waals surface area (Å²) in [6.45, 7) is 1.62. The Labute approximate surface area is 92.8 Å². The number of carbonyl (C=O) groups is 2. The first-order valence-corrected chi connectivity index (χ1v) is 4.88. The lowest BCUT2D eigenvalue weighted by Crippen LogP contribution is -2.25. The van der Waals surface area contributed by atoms with Crippen LogP contribution >= 0.6 is 0 Å². The zero-order valence-electron chi connectivity index (χ0n) is 8.92. The molecule has 86 valence electrons. The molecular formula is C11H13FN2O2. The number of nitrogens with one attached hydrogen (secondary N) is 2. The van der Waals surface area contributed by atoms with Crippen molar-refractivity contribution in [2.75, 3.05) is 11.9 Å². The van der Waals surface area contributed by atoms with Crippen molar-refractivity contribution in [2.24, 2.45) is 0 Å². The summed E-state index contributed by atoms with van der Waals surface area (Å²) in [4.78, 5) is 21.9. The van der Waals surface area contributed by atoms with Gasteiger partial charge in [-0.3, -0.25) is 9.59 Å². The molecule has 0 unspecified atom stereocenters. The molecule has 1 aromatic rings. The van der Waals surface area contributed by atoms with E-state index in [1.165, 1.54) is 19.1 Å². The molecule has 0 saturated carbocycles. The molecule has 0 bridgehead atoms. The highest BCUT2D eigenvalue weighted by Crippen LogP contribution is 2.12. The molecule has 0 saturated heterocycles. The molecule has 0 aliphatic rings. The number of anilines is 1. The van der Waals surface area contributed by atoms with E-state index in [-0.39, 0.29) is 30.5 Å². The van der Waals surface area contributed by atoms with Crippen LogP contribution in [0.3, 0.4) is 0 Å². The maximum absolute atomic E-state index is 13.1. The smallest absolute Gasteiger partial charge is 0.226 e. The van der Waals surface area contributed by atoms with Crippen LogP contribution in [-0.2, 0) is 9.59 Å². The lowest BCUT2D eigenvalue weighted by molar-refractivity contribution is -0.119. The summed E-state index contributed by atoms with van der Waals surface area (Å²) in [5.41, 5.74) is 0.148. The number of para-hydroxylation sites is 1. The molecule has 5 heteroatoms. The van der Waals surface area contributed by atoms with E-state index in [0.29, 0.717) is 0 Å². The number of hydrogen-bond donors (Lipinski definition) is 2. The SMILES string of the molecule is CC(=O)NCCC(=O)Nc1ccccc1F. The molecule has 0 aromatic heterocycles. The standard InChI is InChI=1S/C11H13FN2O2/c1-8(15)13-7-6-11(16)14-10-5-3-2-4-9(10)12/h2-5H,6-7H2,1H3,(H,13,15)(H,14,16). The summed E-state index contributed by atoms with van der Waals surface area (Å²) in [7, 11) is 0. The van der Waals surface area contributed by atoms with Crippen LogP contribution in [0.4, 0.5) is 10.1 Å². The molecule has 1 aromatic carbocycles. The Morgan fingerprint density at radius 2 is 2.00 bits per heavy atom. The van der Waals surface area contributed by atoms with Crippen molar-refractivity contribution in [3.05, 3.63) is 30.1 Å². The highest BCUT2D eigenvalue weighted by Gasteiger charge is 2.05. The van der Waals surface area contributed by atoms with E-state index < -0.39 is 5.82 Å². The number of rotatable bonds is 4. The van der Waals surface area contributed by atoms with E-state index in [0.717, 1.165) is 0 Å². The molecule has 1 rings (SSSR count). The molecule has 0 aliphatic heterocycles. The normalized spacial score (nSPS) is 9.62. The Kier molecular flexibility index (Phi) is 4.44. The van der Waals surface area contributed by atoms with Gasteiger partial charge >= 0.3 is 0 Å². The fourth-order valence-corrected chi connectivity index (χ4v) is 1.13. The Morgan fingerprint density at radius 1 is 1.31 bits per heavy atom. The maximum atomic E-state index is 13.1. The van der Waals surface area contributed by atoms with Crippen LogP contribution in [-0.4, -0.2) is 18.4 Å². The highest BCUT2D eigenvalue weighted by atomic mass is 19.1. The summed E-state index contributed by atoms with van der Waals surface area (Å²) in [6, 6.07) is 5.92. The second kappa shape index (κ2) is 5.85. The molecule has 0 radical (unpaired) electrons. The van der Waals surface area contributed by atoms with Gasteiger partial charge in [-0.2, -0.15) is 0 Å². The molecule has 0 fully saturated rings. The summed E-state index contributed by atoms with van der Waals surface area (Å²) < 4.78 is 13.1. The van der Waals surface area contributed by atoms with Crippen molar-refractivity contribution in [1.29, 1.82) is 0 Å². The number of amides is 2. The second-order valence-electron chi connectivity index (χ2n) is 3.26. The van der Waals surface area contributed by atoms with Gasteiger partial charge in [-0.1, -0.05) is 12.1 Å². The zero-order valence-corrected chi connectivity index (χ0v) is 8.92. The van der Waals surface area contributed by atoms with Gasteiger partial charge in [0.05, 0.1) is 5.69 Å². The van der Waals surface area contributed by atoms with Gasteiger partial charge < -0.3 is 10.6 Å². The third-order valence-electron chi connectivity index (χ3n) is 1.87. The largest absolute Gasteiger partial charge is 0.356 e. The van der Waals surface area contributed by atoms with Crippen LogP contribution in [0.1, 0.15) is 13.3 Å². The van der Waals surface area contributed by atoms with Crippen molar-refractivity contribution in [3.8, 4) is 0 Å². The van der Waals surface area contributed by atoms with Gasteiger partial charge in [-0.25, -0.2) is 4.39 Å². The van der Waals surface area contributed by atoms with Crippen LogP contribution in [0.25, 0.3) is 0 Å². The Bertz CT molecular complexity index is 393. The van der Waals surface area contributed by atoms with Gasteiger partial charge in [0.2, 0.25) is 11.8 Å². The summed E-state index contributed by atoms with van der Waals surface area (Å²) >= 11 is 0. The van der Waals surface area contributed by atoms with Gasteiger partial charge in [0.1, 0.15) is 5.82 Å². The molecule has 4 nitrogen and oxygen atoms in total. The molecule has 0 heterocycles. The molecular weight excluding hydrogens is 211 g/mol. The van der Waals surface area contributed by atoms with Crippen LogP contribution in [0, 0.1) is 5.82 Å². The topological polar surface area (TPSA) is 58.2 Å². The number of hydrogen-bond acceptors (Lipinski definition) is 2. The fourth-order valence-electron chi connectivity index (χ4n) is 1.13. The third kappa shape index (κ3) is 4.08. The molecule has 0 atom stereocenters. The van der Waals surface area contributed by atoms with Gasteiger partial charge in [0.25, 0.3) is 0 Å². The average Bonchev–Trinajstić information content (AvgIpc) is 2.21. The van der Waals surface area contributed by atoms with Crippen LogP contribution in [0.15, 0.2) is 24.3 Å². The van der Waals surface area contributed by atoms with E-state index >= 15 is 0 Å². The summed E-state index contributed by atoms with van der Waals surface area (Å²) in [5, 5.41) is 4.90. The van der Waals surface area contributed by atoms with E-state index in [9.17, 15) is 14.0 Å². The van der Waals surface area contributed by atoms with Crippen LogP contribution < -0.4 is 10.6 Å². The Morgan fingerprint density at radius 3 is 2.62 bits per heavy atom. The molecule has 2 amide bonds. The van der Waals surface area contributed by atoms with E-state index in [1.54, 1.807) is 12.1 Å². The minimum absolute atomic E-state index is 0.119. The van der Waals surface area contributed by atoms with Gasteiger partial charge in [0.15, 0.2) is 0 Å². The van der Waals surface area contributed by atoms with Gasteiger partial charge in [-0.15, -0.1) is 0 Å². The molecule has 0 spiro atoms. The summed E-state index contributed by atoms with van der Waals surface area (Å²) in [6.07, 6.45) is 0.119. The van der Waals surface area contributed by atoms with Gasteiger partial charge in [-0.05, 0) is 12.1 Å². The lowest BCUT2D eigenvalue weighted by Gasteiger charge is -2.06. The van der Waals surface area contributed by atoms with E-state index in [2.05, 4.69) is 10.6 Å². The predicted molar refractivity (Wildman–Crippen MR) is 58.3 cm³/mol. The number of carbonyl (C=O) groups excluding carboxylic acids is 2. The maximum Gasteiger partial charge on any atom is 0.226 e. The predicted octanol–water partition coefficient (Wildman–Crippen LogP) is 1.29. The van der Waals surface area contributed by atoms with Gasteiger partial charge in [0, 0.05) is 19.9 Å². The highest BCUT2D eigenvalue weighted by molar-refractivity contribution is 5.91. The second-order valence-corrected chi connectivity index (χ2v) is 3.26. The van der Waals surface area contributed by atoms with Crippen molar-refractivity contribution in [3.63, 3.8) is 0 Å². The minimum atomic E-state index is -0.477. The number of benzene rings is 1. The van der Waals surface area contributed by atoms with E-state index in [1.807, 2.05) is 0 Å². The molecule has 0 aliphatic carbocycles.